The molecule has 0 aromatic carbocycles. The second-order valence-corrected chi connectivity index (χ2v) is 5.71. The summed E-state index contributed by atoms with van der Waals surface area (Å²) in [5.41, 5.74) is -0.896. The number of nitrogens with zero attached hydrogens (tertiary/aromatic N) is 2. The number of rotatable bonds is 3. The molecule has 0 aliphatic heterocycles. The molecule has 1 N–H and O–H groups in total. The molecule has 2 unspecified atom stereocenters. The molecule has 6 heteroatoms. The third-order valence-corrected chi connectivity index (χ3v) is 3.94. The maximum Gasteiger partial charge on any atom is 0.433 e. The summed E-state index contributed by atoms with van der Waals surface area (Å²) in [6.45, 7) is 4.30. The van der Waals surface area contributed by atoms with Gasteiger partial charge in [-0.05, 0) is 30.7 Å². The van der Waals surface area contributed by atoms with E-state index in [1.54, 1.807) is 0 Å². The monoisotopic (exact) mass is 287 g/mol. The molecule has 1 heterocycles. The quantitative estimate of drug-likeness (QED) is 0.908. The van der Waals surface area contributed by atoms with Crippen LogP contribution in [0.3, 0.4) is 0 Å². The van der Waals surface area contributed by atoms with Crippen LogP contribution >= 0.6 is 0 Å². The summed E-state index contributed by atoms with van der Waals surface area (Å²) in [6, 6.07) is 1.05. The number of alkyl halides is 3. The van der Waals surface area contributed by atoms with Crippen molar-refractivity contribution in [2.45, 2.75) is 51.7 Å². The SMILES string of the molecule is CC(C)C1CCCCC1Nc1nccc(C(F)(F)F)n1. The zero-order valence-corrected chi connectivity index (χ0v) is 11.7. The van der Waals surface area contributed by atoms with Crippen molar-refractivity contribution in [3.05, 3.63) is 18.0 Å². The van der Waals surface area contributed by atoms with E-state index in [0.717, 1.165) is 31.5 Å². The number of aromatic nitrogens is 2. The summed E-state index contributed by atoms with van der Waals surface area (Å²) in [5, 5.41) is 3.10. The fourth-order valence-electron chi connectivity index (χ4n) is 2.89. The fraction of sp³-hybridized carbons (Fsp3) is 0.714. The minimum Gasteiger partial charge on any atom is -0.351 e. The minimum absolute atomic E-state index is 0.0809. The van der Waals surface area contributed by atoms with Crippen LogP contribution in [-0.2, 0) is 6.18 Å². The van der Waals surface area contributed by atoms with Crippen LogP contribution < -0.4 is 5.32 Å². The van der Waals surface area contributed by atoms with E-state index in [0.29, 0.717) is 11.8 Å². The van der Waals surface area contributed by atoms with Crippen LogP contribution in [0, 0.1) is 11.8 Å². The molecular weight excluding hydrogens is 267 g/mol. The van der Waals surface area contributed by atoms with Crippen molar-refractivity contribution in [3.8, 4) is 0 Å². The van der Waals surface area contributed by atoms with Crippen LogP contribution in [0.15, 0.2) is 12.3 Å². The first-order chi connectivity index (χ1) is 9.38. The molecule has 1 aromatic heterocycles. The Balaban J connectivity index is 2.12. The lowest BCUT2D eigenvalue weighted by atomic mass is 9.78. The molecule has 1 aliphatic carbocycles. The first-order valence-corrected chi connectivity index (χ1v) is 7.04. The molecule has 1 saturated carbocycles. The Morgan fingerprint density at radius 1 is 1.25 bits per heavy atom. The number of hydrogen-bond donors (Lipinski definition) is 1. The van der Waals surface area contributed by atoms with E-state index in [9.17, 15) is 13.2 Å². The first-order valence-electron chi connectivity index (χ1n) is 7.04. The number of nitrogens with one attached hydrogen (secondary N) is 1. The maximum absolute atomic E-state index is 12.6. The minimum atomic E-state index is -4.43. The van der Waals surface area contributed by atoms with Crippen molar-refractivity contribution < 1.29 is 13.2 Å². The molecule has 2 rings (SSSR count). The smallest absolute Gasteiger partial charge is 0.351 e. The highest BCUT2D eigenvalue weighted by atomic mass is 19.4. The summed E-state index contributed by atoms with van der Waals surface area (Å²) in [4.78, 5) is 7.50. The second kappa shape index (κ2) is 5.97. The zero-order valence-electron chi connectivity index (χ0n) is 11.7. The van der Waals surface area contributed by atoms with Gasteiger partial charge in [-0.2, -0.15) is 13.2 Å². The van der Waals surface area contributed by atoms with Gasteiger partial charge < -0.3 is 5.32 Å². The average molecular weight is 287 g/mol. The van der Waals surface area contributed by atoms with Crippen molar-refractivity contribution in [1.29, 1.82) is 0 Å². The van der Waals surface area contributed by atoms with Crippen molar-refractivity contribution in [2.24, 2.45) is 11.8 Å². The van der Waals surface area contributed by atoms with Crippen molar-refractivity contribution in [1.82, 2.24) is 9.97 Å². The number of hydrogen-bond acceptors (Lipinski definition) is 3. The van der Waals surface area contributed by atoms with Crippen molar-refractivity contribution in [3.63, 3.8) is 0 Å². The van der Waals surface area contributed by atoms with Gasteiger partial charge in [0.25, 0.3) is 0 Å². The van der Waals surface area contributed by atoms with Crippen LogP contribution in [0.25, 0.3) is 0 Å². The predicted molar refractivity (Wildman–Crippen MR) is 71.2 cm³/mol. The van der Waals surface area contributed by atoms with E-state index < -0.39 is 11.9 Å². The maximum atomic E-state index is 12.6. The number of halogens is 3. The van der Waals surface area contributed by atoms with Gasteiger partial charge in [0.2, 0.25) is 5.95 Å². The molecule has 1 aliphatic rings. The molecule has 2 atom stereocenters. The Bertz CT molecular complexity index is 446. The van der Waals surface area contributed by atoms with Gasteiger partial charge in [0.05, 0.1) is 0 Å². The van der Waals surface area contributed by atoms with Crippen LogP contribution in [0.5, 0.6) is 0 Å². The molecular formula is C14H20F3N3. The molecule has 112 valence electrons. The van der Waals surface area contributed by atoms with Gasteiger partial charge in [0.1, 0.15) is 5.69 Å². The third-order valence-electron chi connectivity index (χ3n) is 3.94. The number of anilines is 1. The lowest BCUT2D eigenvalue weighted by Crippen LogP contribution is -2.36. The highest BCUT2D eigenvalue weighted by Crippen LogP contribution is 2.32. The Morgan fingerprint density at radius 2 is 1.95 bits per heavy atom. The molecule has 0 radical (unpaired) electrons. The summed E-state index contributed by atoms with van der Waals surface area (Å²) < 4.78 is 37.9. The lowest BCUT2D eigenvalue weighted by Gasteiger charge is -2.34. The van der Waals surface area contributed by atoms with Crippen LogP contribution in [0.2, 0.25) is 0 Å². The summed E-state index contributed by atoms with van der Waals surface area (Å²) in [5.74, 6) is 1.04. The normalized spacial score (nSPS) is 23.9. The standard InChI is InChI=1S/C14H20F3N3/c1-9(2)10-5-3-4-6-11(10)19-13-18-8-7-12(20-13)14(15,16)17/h7-11H,3-6H2,1-2H3,(H,18,19,20). The first kappa shape index (κ1) is 15.1. The van der Waals surface area contributed by atoms with Gasteiger partial charge in [-0.1, -0.05) is 26.7 Å². The van der Waals surface area contributed by atoms with Gasteiger partial charge in [0, 0.05) is 12.2 Å². The summed E-state index contributed by atoms with van der Waals surface area (Å²) in [7, 11) is 0. The van der Waals surface area contributed by atoms with E-state index in [2.05, 4.69) is 29.1 Å². The topological polar surface area (TPSA) is 37.8 Å². The van der Waals surface area contributed by atoms with Crippen molar-refractivity contribution in [2.75, 3.05) is 5.32 Å². The zero-order chi connectivity index (χ0) is 14.8. The van der Waals surface area contributed by atoms with E-state index in [-0.39, 0.29) is 12.0 Å². The molecule has 0 saturated heterocycles. The molecule has 20 heavy (non-hydrogen) atoms. The molecule has 1 fully saturated rings. The molecule has 0 amide bonds. The highest BCUT2D eigenvalue weighted by Gasteiger charge is 2.33. The summed E-state index contributed by atoms with van der Waals surface area (Å²) in [6.07, 6.45) is 1.08. The van der Waals surface area contributed by atoms with Crippen LogP contribution in [0.1, 0.15) is 45.2 Å². The predicted octanol–water partition coefficient (Wildman–Crippen LogP) is 4.12. The van der Waals surface area contributed by atoms with E-state index in [1.807, 2.05) is 0 Å². The highest BCUT2D eigenvalue weighted by molar-refractivity contribution is 5.28. The van der Waals surface area contributed by atoms with E-state index in [1.165, 1.54) is 6.42 Å². The van der Waals surface area contributed by atoms with Crippen LogP contribution in [0.4, 0.5) is 19.1 Å². The third kappa shape index (κ3) is 3.61. The Labute approximate surface area is 117 Å². The average Bonchev–Trinajstić information content (AvgIpc) is 2.38. The van der Waals surface area contributed by atoms with Gasteiger partial charge >= 0.3 is 6.18 Å². The van der Waals surface area contributed by atoms with Crippen molar-refractivity contribution >= 4 is 5.95 Å². The van der Waals surface area contributed by atoms with Gasteiger partial charge in [0.15, 0.2) is 0 Å². The van der Waals surface area contributed by atoms with Gasteiger partial charge in [-0.25, -0.2) is 9.97 Å². The molecule has 0 spiro atoms. The molecule has 3 nitrogen and oxygen atoms in total. The Hall–Kier alpha value is -1.33. The van der Waals surface area contributed by atoms with E-state index in [4.69, 9.17) is 0 Å². The van der Waals surface area contributed by atoms with Gasteiger partial charge in [-0.15, -0.1) is 0 Å². The summed E-state index contributed by atoms with van der Waals surface area (Å²) >= 11 is 0. The van der Waals surface area contributed by atoms with Crippen LogP contribution in [-0.4, -0.2) is 16.0 Å². The van der Waals surface area contributed by atoms with Gasteiger partial charge in [-0.3, -0.25) is 0 Å². The van der Waals surface area contributed by atoms with E-state index >= 15 is 0 Å². The fourth-order valence-corrected chi connectivity index (χ4v) is 2.89. The molecule has 1 aromatic rings. The second-order valence-electron chi connectivity index (χ2n) is 5.71. The molecule has 0 bridgehead atoms. The largest absolute Gasteiger partial charge is 0.433 e. The Morgan fingerprint density at radius 3 is 2.60 bits per heavy atom. The lowest BCUT2D eigenvalue weighted by molar-refractivity contribution is -0.141. The Kier molecular flexibility index (Phi) is 4.50.